The van der Waals surface area contributed by atoms with E-state index in [1.54, 1.807) is 12.1 Å². The van der Waals surface area contributed by atoms with Crippen LogP contribution in [0.25, 0.3) is 0 Å². The minimum atomic E-state index is -4.30. The molecule has 2 aromatic rings. The molecule has 6 heteroatoms. The van der Waals surface area contributed by atoms with Crippen LogP contribution in [0.4, 0.5) is 18.9 Å². The van der Waals surface area contributed by atoms with Crippen LogP contribution in [0.2, 0.25) is 0 Å². The average molecular weight is 390 g/mol. The molecule has 0 spiro atoms. The molecule has 4 rings (SSSR count). The molecule has 0 saturated carbocycles. The zero-order valence-electron chi connectivity index (χ0n) is 16.0. The fraction of sp³-hybridized carbons (Fsp3) is 0.455. The largest absolute Gasteiger partial charge is 0.416 e. The lowest BCUT2D eigenvalue weighted by Gasteiger charge is -2.30. The van der Waals surface area contributed by atoms with Gasteiger partial charge in [-0.05, 0) is 61.0 Å². The van der Waals surface area contributed by atoms with Gasteiger partial charge >= 0.3 is 6.18 Å². The summed E-state index contributed by atoms with van der Waals surface area (Å²) in [7, 11) is 2.10. The average Bonchev–Trinajstić information content (AvgIpc) is 2.85. The van der Waals surface area contributed by atoms with Crippen molar-refractivity contribution in [3.63, 3.8) is 0 Å². The van der Waals surface area contributed by atoms with E-state index in [9.17, 15) is 13.2 Å². The van der Waals surface area contributed by atoms with Crippen LogP contribution in [0.3, 0.4) is 0 Å². The van der Waals surface area contributed by atoms with Crippen LogP contribution in [0.1, 0.15) is 34.6 Å². The Morgan fingerprint density at radius 1 is 0.964 bits per heavy atom. The Morgan fingerprint density at radius 2 is 1.68 bits per heavy atom. The van der Waals surface area contributed by atoms with Crippen molar-refractivity contribution in [1.29, 1.82) is 0 Å². The first kappa shape index (κ1) is 19.3. The molecule has 1 unspecified atom stereocenters. The summed E-state index contributed by atoms with van der Waals surface area (Å²) in [5.41, 5.74) is 4.03. The Hall–Kier alpha value is -2.05. The molecule has 0 aliphatic carbocycles. The molecular formula is C22H25F3N2O. The van der Waals surface area contributed by atoms with Crippen molar-refractivity contribution in [2.24, 2.45) is 0 Å². The van der Waals surface area contributed by atoms with Gasteiger partial charge < -0.3 is 14.5 Å². The van der Waals surface area contributed by atoms with Crippen LogP contribution in [0, 0.1) is 0 Å². The normalized spacial score (nSPS) is 21.3. The zero-order valence-corrected chi connectivity index (χ0v) is 16.0. The second-order valence-electron chi connectivity index (χ2n) is 7.68. The molecule has 2 aliphatic rings. The predicted octanol–water partition coefficient (Wildman–Crippen LogP) is 4.51. The van der Waals surface area contributed by atoms with Crippen LogP contribution in [0.15, 0.2) is 42.5 Å². The molecule has 1 fully saturated rings. The van der Waals surface area contributed by atoms with Gasteiger partial charge in [0, 0.05) is 31.2 Å². The van der Waals surface area contributed by atoms with E-state index >= 15 is 0 Å². The lowest BCUT2D eigenvalue weighted by Crippen LogP contribution is -2.36. The number of benzene rings is 2. The number of rotatable bonds is 2. The van der Waals surface area contributed by atoms with Gasteiger partial charge in [0.1, 0.15) is 0 Å². The monoisotopic (exact) mass is 390 g/mol. The number of alkyl halides is 3. The molecule has 1 saturated heterocycles. The molecule has 0 radical (unpaired) electrons. The maximum absolute atomic E-state index is 12.9. The van der Waals surface area contributed by atoms with Crippen LogP contribution in [-0.4, -0.2) is 44.8 Å². The fourth-order valence-electron chi connectivity index (χ4n) is 4.21. The van der Waals surface area contributed by atoms with E-state index in [0.29, 0.717) is 0 Å². The first-order valence-corrected chi connectivity index (χ1v) is 9.73. The topological polar surface area (TPSA) is 15.7 Å². The second kappa shape index (κ2) is 7.76. The summed E-state index contributed by atoms with van der Waals surface area (Å²) in [6.07, 6.45) is -3.40. The summed E-state index contributed by atoms with van der Waals surface area (Å²) < 4.78 is 44.2. The standard InChI is InChI=1S/C22H25F3N2O/c1-26-9-8-21(16-2-4-18(5-3-16)22(23,24)25)20-7-6-19(14-17(20)15-26)27-10-12-28-13-11-27/h2-7,14,21H,8-13,15H2,1H3. The third-order valence-corrected chi connectivity index (χ3v) is 5.76. The third kappa shape index (κ3) is 4.03. The molecule has 28 heavy (non-hydrogen) atoms. The molecule has 0 bridgehead atoms. The molecule has 0 aromatic heterocycles. The first-order valence-electron chi connectivity index (χ1n) is 9.73. The molecule has 3 nitrogen and oxygen atoms in total. The third-order valence-electron chi connectivity index (χ3n) is 5.76. The van der Waals surface area contributed by atoms with Crippen molar-refractivity contribution >= 4 is 5.69 Å². The van der Waals surface area contributed by atoms with Crippen LogP contribution in [-0.2, 0) is 17.5 Å². The van der Waals surface area contributed by atoms with Crippen molar-refractivity contribution in [3.8, 4) is 0 Å². The number of hydrogen-bond donors (Lipinski definition) is 0. The number of nitrogens with zero attached hydrogens (tertiary/aromatic N) is 2. The predicted molar refractivity (Wildman–Crippen MR) is 104 cm³/mol. The van der Waals surface area contributed by atoms with Gasteiger partial charge in [0.05, 0.1) is 18.8 Å². The number of fused-ring (bicyclic) bond motifs is 1. The number of anilines is 1. The highest BCUT2D eigenvalue weighted by molar-refractivity contribution is 5.54. The summed E-state index contributed by atoms with van der Waals surface area (Å²) in [5.74, 6) is 0.112. The van der Waals surface area contributed by atoms with Crippen molar-refractivity contribution in [2.45, 2.75) is 25.1 Å². The molecular weight excluding hydrogens is 365 g/mol. The molecule has 2 aromatic carbocycles. The fourth-order valence-corrected chi connectivity index (χ4v) is 4.21. The smallest absolute Gasteiger partial charge is 0.378 e. The van der Waals surface area contributed by atoms with Crippen molar-refractivity contribution in [2.75, 3.05) is 44.8 Å². The van der Waals surface area contributed by atoms with Crippen LogP contribution >= 0.6 is 0 Å². The minimum absolute atomic E-state index is 0.112. The van der Waals surface area contributed by atoms with E-state index in [0.717, 1.165) is 51.4 Å². The first-order chi connectivity index (χ1) is 13.4. The summed E-state index contributed by atoms with van der Waals surface area (Å²) >= 11 is 0. The van der Waals surface area contributed by atoms with Crippen LogP contribution < -0.4 is 4.90 Å². The van der Waals surface area contributed by atoms with Gasteiger partial charge in [-0.25, -0.2) is 0 Å². The van der Waals surface area contributed by atoms with Gasteiger partial charge in [-0.2, -0.15) is 13.2 Å². The van der Waals surface area contributed by atoms with Crippen molar-refractivity contribution in [1.82, 2.24) is 4.90 Å². The number of ether oxygens (including phenoxy) is 1. The van der Waals surface area contributed by atoms with E-state index in [4.69, 9.17) is 4.74 Å². The number of hydrogen-bond acceptors (Lipinski definition) is 3. The van der Waals surface area contributed by atoms with Gasteiger partial charge in [0.25, 0.3) is 0 Å². The minimum Gasteiger partial charge on any atom is -0.378 e. The zero-order chi connectivity index (χ0) is 19.7. The highest BCUT2D eigenvalue weighted by Crippen LogP contribution is 2.37. The quantitative estimate of drug-likeness (QED) is 0.751. The summed E-state index contributed by atoms with van der Waals surface area (Å²) in [4.78, 5) is 4.62. The summed E-state index contributed by atoms with van der Waals surface area (Å²) in [6.45, 7) is 5.02. The van der Waals surface area contributed by atoms with E-state index in [2.05, 4.69) is 35.0 Å². The highest BCUT2D eigenvalue weighted by atomic mass is 19.4. The maximum atomic E-state index is 12.9. The maximum Gasteiger partial charge on any atom is 0.416 e. The molecule has 1 atom stereocenters. The Kier molecular flexibility index (Phi) is 5.34. The molecule has 2 heterocycles. The molecule has 0 N–H and O–H groups in total. The van der Waals surface area contributed by atoms with Crippen molar-refractivity contribution < 1.29 is 17.9 Å². The second-order valence-corrected chi connectivity index (χ2v) is 7.68. The molecule has 2 aliphatic heterocycles. The molecule has 0 amide bonds. The lowest BCUT2D eigenvalue weighted by atomic mass is 9.86. The Bertz CT molecular complexity index is 814. The summed E-state index contributed by atoms with van der Waals surface area (Å²) in [5, 5.41) is 0. The Balaban J connectivity index is 1.66. The Labute approximate surface area is 163 Å². The van der Waals surface area contributed by atoms with Gasteiger partial charge in [0.15, 0.2) is 0 Å². The van der Waals surface area contributed by atoms with E-state index in [1.807, 2.05) is 0 Å². The SMILES string of the molecule is CN1CCC(c2ccc(C(F)(F)F)cc2)c2ccc(N3CCOCC3)cc2C1. The van der Waals surface area contributed by atoms with Gasteiger partial charge in [0.2, 0.25) is 0 Å². The van der Waals surface area contributed by atoms with Gasteiger partial charge in [-0.3, -0.25) is 0 Å². The highest BCUT2D eigenvalue weighted by Gasteiger charge is 2.31. The van der Waals surface area contributed by atoms with E-state index < -0.39 is 11.7 Å². The molecule has 150 valence electrons. The summed E-state index contributed by atoms with van der Waals surface area (Å²) in [6, 6.07) is 12.2. The van der Waals surface area contributed by atoms with E-state index in [-0.39, 0.29) is 5.92 Å². The van der Waals surface area contributed by atoms with Gasteiger partial charge in [-0.15, -0.1) is 0 Å². The van der Waals surface area contributed by atoms with Gasteiger partial charge in [-0.1, -0.05) is 18.2 Å². The lowest BCUT2D eigenvalue weighted by molar-refractivity contribution is -0.137. The van der Waals surface area contributed by atoms with Crippen molar-refractivity contribution in [3.05, 3.63) is 64.7 Å². The van der Waals surface area contributed by atoms with Crippen LogP contribution in [0.5, 0.6) is 0 Å². The number of morpholine rings is 1. The number of halogens is 3. The van der Waals surface area contributed by atoms with E-state index in [1.165, 1.54) is 28.9 Å². The Morgan fingerprint density at radius 3 is 2.36 bits per heavy atom.